The zero-order chi connectivity index (χ0) is 18.9. The summed E-state index contributed by atoms with van der Waals surface area (Å²) in [6.45, 7) is -0.0707. The first kappa shape index (κ1) is 18.9. The highest BCUT2D eigenvalue weighted by Gasteiger charge is 2.05. The van der Waals surface area contributed by atoms with Crippen molar-refractivity contribution in [3.63, 3.8) is 0 Å². The van der Waals surface area contributed by atoms with E-state index in [9.17, 15) is 14.7 Å². The first-order valence-electron chi connectivity index (χ1n) is 7.65. The maximum atomic E-state index is 12.2. The van der Waals surface area contributed by atoms with Crippen LogP contribution in [0.5, 0.6) is 11.5 Å². The van der Waals surface area contributed by atoms with Gasteiger partial charge in [0.25, 0.3) is 5.91 Å². The number of hydrogen-bond donors (Lipinski definition) is 3. The Morgan fingerprint density at radius 3 is 2.58 bits per heavy atom. The summed E-state index contributed by atoms with van der Waals surface area (Å²) in [7, 11) is 1.52. The third kappa shape index (κ3) is 5.29. The fourth-order valence-electron chi connectivity index (χ4n) is 2.07. The number of carbonyl (C=O) groups excluding carboxylic acids is 2. The van der Waals surface area contributed by atoms with Crippen molar-refractivity contribution in [2.24, 2.45) is 4.99 Å². The van der Waals surface area contributed by atoms with Gasteiger partial charge in [-0.15, -0.1) is 0 Å². The zero-order valence-electron chi connectivity index (χ0n) is 14.0. The van der Waals surface area contributed by atoms with Gasteiger partial charge < -0.3 is 9.84 Å². The molecular formula is C19H18N2O5. The van der Waals surface area contributed by atoms with E-state index in [-0.39, 0.29) is 18.1 Å². The smallest absolute Gasteiger partial charge is 0.267 e. The molecule has 0 aliphatic heterocycles. The number of amides is 1. The molecule has 0 atom stereocenters. The quantitative estimate of drug-likeness (QED) is 0.232. The predicted molar refractivity (Wildman–Crippen MR) is 96.9 cm³/mol. The number of rotatable bonds is 7. The lowest BCUT2D eigenvalue weighted by molar-refractivity contribution is -0.124. The lowest BCUT2D eigenvalue weighted by atomic mass is 10.1. The van der Waals surface area contributed by atoms with Gasteiger partial charge in [-0.1, -0.05) is 24.3 Å². The number of hydroxylamine groups is 1. The zero-order valence-corrected chi connectivity index (χ0v) is 14.0. The molecule has 0 radical (unpaired) electrons. The summed E-state index contributed by atoms with van der Waals surface area (Å²) < 4.78 is 5.08. The number of phenolic OH excluding ortho intramolecular Hbond substituents is 1. The molecule has 0 aliphatic carbocycles. The molecule has 0 fully saturated rings. The molecule has 0 heterocycles. The standard InChI is InChI=1S/C19H18N2O5/c1-26-16-7-8-17(22)15(10-16)11-20-12-18(23)14-5-2-13(3-6-14)4-9-19(24)21-25/h2-11,22,25H,12H2,1H3,(H,21,24)/b9-4+,20-11?. The average Bonchev–Trinajstić information content (AvgIpc) is 2.67. The van der Waals surface area contributed by atoms with Crippen LogP contribution in [0.3, 0.4) is 0 Å². The van der Waals surface area contributed by atoms with Crippen molar-refractivity contribution < 1.29 is 24.6 Å². The van der Waals surface area contributed by atoms with Crippen molar-refractivity contribution in [3.05, 3.63) is 65.2 Å². The van der Waals surface area contributed by atoms with Gasteiger partial charge in [0.15, 0.2) is 5.78 Å². The van der Waals surface area contributed by atoms with Crippen molar-refractivity contribution in [3.8, 4) is 11.5 Å². The van der Waals surface area contributed by atoms with Crippen LogP contribution in [0, 0.1) is 0 Å². The summed E-state index contributed by atoms with van der Waals surface area (Å²) in [6.07, 6.45) is 4.09. The van der Waals surface area contributed by atoms with E-state index in [1.165, 1.54) is 37.0 Å². The van der Waals surface area contributed by atoms with Gasteiger partial charge in [-0.05, 0) is 29.8 Å². The molecule has 0 bridgehead atoms. The number of Topliss-reactive ketones (excluding diaryl/α,β-unsaturated/α-hetero) is 1. The lowest BCUT2D eigenvalue weighted by Gasteiger charge is -2.03. The fourth-order valence-corrected chi connectivity index (χ4v) is 2.07. The molecule has 7 nitrogen and oxygen atoms in total. The Morgan fingerprint density at radius 2 is 1.92 bits per heavy atom. The first-order valence-corrected chi connectivity index (χ1v) is 7.65. The summed E-state index contributed by atoms with van der Waals surface area (Å²) in [6, 6.07) is 11.3. The molecular weight excluding hydrogens is 336 g/mol. The monoisotopic (exact) mass is 354 g/mol. The van der Waals surface area contributed by atoms with Crippen LogP contribution in [0.25, 0.3) is 6.08 Å². The molecule has 0 aliphatic rings. The highest BCUT2D eigenvalue weighted by atomic mass is 16.5. The molecule has 2 aromatic rings. The number of benzene rings is 2. The number of nitrogens with zero attached hydrogens (tertiary/aromatic N) is 1. The van der Waals surface area contributed by atoms with Crippen LogP contribution in [0.1, 0.15) is 21.5 Å². The number of hydrogen-bond acceptors (Lipinski definition) is 6. The summed E-state index contributed by atoms with van der Waals surface area (Å²) in [4.78, 5) is 27.1. The number of phenols is 1. The van der Waals surface area contributed by atoms with Gasteiger partial charge in [-0.2, -0.15) is 0 Å². The van der Waals surface area contributed by atoms with Crippen LogP contribution in [0.15, 0.2) is 53.5 Å². The third-order valence-electron chi connectivity index (χ3n) is 3.47. The minimum Gasteiger partial charge on any atom is -0.507 e. The van der Waals surface area contributed by atoms with E-state index in [4.69, 9.17) is 9.94 Å². The average molecular weight is 354 g/mol. The van der Waals surface area contributed by atoms with E-state index in [2.05, 4.69) is 4.99 Å². The highest BCUT2D eigenvalue weighted by molar-refractivity contribution is 5.99. The van der Waals surface area contributed by atoms with Crippen LogP contribution >= 0.6 is 0 Å². The molecule has 0 saturated heterocycles. The Hall–Kier alpha value is -3.45. The van der Waals surface area contributed by atoms with E-state index in [0.29, 0.717) is 22.4 Å². The largest absolute Gasteiger partial charge is 0.507 e. The van der Waals surface area contributed by atoms with Crippen molar-refractivity contribution in [2.75, 3.05) is 13.7 Å². The van der Waals surface area contributed by atoms with Gasteiger partial charge in [0.1, 0.15) is 18.0 Å². The van der Waals surface area contributed by atoms with Crippen LogP contribution in [0.2, 0.25) is 0 Å². The van der Waals surface area contributed by atoms with Crippen LogP contribution < -0.4 is 10.2 Å². The number of methoxy groups -OCH3 is 1. The van der Waals surface area contributed by atoms with Crippen molar-refractivity contribution in [2.45, 2.75) is 0 Å². The van der Waals surface area contributed by atoms with Gasteiger partial charge in [0.05, 0.1) is 7.11 Å². The molecule has 1 amide bonds. The van der Waals surface area contributed by atoms with E-state index in [0.717, 1.165) is 0 Å². The van der Waals surface area contributed by atoms with Crippen molar-refractivity contribution in [1.29, 1.82) is 0 Å². The van der Waals surface area contributed by atoms with Crippen LogP contribution in [-0.4, -0.2) is 41.9 Å². The third-order valence-corrected chi connectivity index (χ3v) is 3.47. The molecule has 0 aromatic heterocycles. The summed E-state index contributed by atoms with van der Waals surface area (Å²) in [5.74, 6) is -0.202. The molecule has 0 spiro atoms. The topological polar surface area (TPSA) is 108 Å². The normalized spacial score (nSPS) is 11.0. The number of carbonyl (C=O) groups is 2. The van der Waals surface area contributed by atoms with Gasteiger partial charge in [-0.25, -0.2) is 5.48 Å². The second-order valence-corrected chi connectivity index (χ2v) is 5.25. The number of nitrogens with one attached hydrogen (secondary N) is 1. The molecule has 0 saturated carbocycles. The number of aliphatic imine (C=N–C) groups is 1. The Balaban J connectivity index is 1.99. The fraction of sp³-hybridized carbons (Fsp3) is 0.105. The predicted octanol–water partition coefficient (Wildman–Crippen LogP) is 2.22. The van der Waals surface area contributed by atoms with Crippen LogP contribution in [-0.2, 0) is 4.79 Å². The molecule has 0 unspecified atom stereocenters. The molecule has 26 heavy (non-hydrogen) atoms. The van der Waals surface area contributed by atoms with Gasteiger partial charge in [0, 0.05) is 23.4 Å². The second-order valence-electron chi connectivity index (χ2n) is 5.25. The van der Waals surface area contributed by atoms with Crippen molar-refractivity contribution >= 4 is 24.0 Å². The maximum Gasteiger partial charge on any atom is 0.267 e. The van der Waals surface area contributed by atoms with Crippen LogP contribution in [0.4, 0.5) is 0 Å². The maximum absolute atomic E-state index is 12.2. The Kier molecular flexibility index (Phi) is 6.64. The molecule has 134 valence electrons. The number of ether oxygens (including phenoxy) is 1. The minimum absolute atomic E-state index is 0.0463. The highest BCUT2D eigenvalue weighted by Crippen LogP contribution is 2.21. The van der Waals surface area contributed by atoms with E-state index in [1.54, 1.807) is 36.4 Å². The van der Waals surface area contributed by atoms with E-state index < -0.39 is 5.91 Å². The molecule has 2 aromatic carbocycles. The summed E-state index contributed by atoms with van der Waals surface area (Å²) in [5.41, 5.74) is 3.13. The Morgan fingerprint density at radius 1 is 1.19 bits per heavy atom. The summed E-state index contributed by atoms with van der Waals surface area (Å²) >= 11 is 0. The summed E-state index contributed by atoms with van der Waals surface area (Å²) in [5, 5.41) is 18.2. The Bertz CT molecular complexity index is 842. The molecule has 7 heteroatoms. The van der Waals surface area contributed by atoms with Gasteiger partial charge >= 0.3 is 0 Å². The van der Waals surface area contributed by atoms with Gasteiger partial charge in [0.2, 0.25) is 0 Å². The van der Waals surface area contributed by atoms with E-state index in [1.807, 2.05) is 0 Å². The SMILES string of the molecule is COc1ccc(O)c(C=NCC(=O)c2ccc(/C=C/C(=O)NO)cc2)c1. The Labute approximate surface area is 150 Å². The van der Waals surface area contributed by atoms with Crippen molar-refractivity contribution in [1.82, 2.24) is 5.48 Å². The van der Waals surface area contributed by atoms with E-state index >= 15 is 0 Å². The molecule has 3 N–H and O–H groups in total. The minimum atomic E-state index is -0.639. The molecule has 2 rings (SSSR count). The number of aromatic hydroxyl groups is 1. The first-order chi connectivity index (χ1) is 12.5. The lowest BCUT2D eigenvalue weighted by Crippen LogP contribution is -2.14. The van der Waals surface area contributed by atoms with Gasteiger partial charge in [-0.3, -0.25) is 19.8 Å². The number of ketones is 1. The second kappa shape index (κ2) is 9.14.